The number of rotatable bonds is 8. The molecular weight excluding hydrogens is 366 g/mol. The number of carbonyl (C=O) groups excluding carboxylic acids is 1. The van der Waals surface area contributed by atoms with Crippen LogP contribution in [0, 0.1) is 0 Å². The van der Waals surface area contributed by atoms with Crippen LogP contribution in [0.2, 0.25) is 0 Å². The van der Waals surface area contributed by atoms with E-state index in [0.717, 1.165) is 96.2 Å². The third-order valence-electron chi connectivity index (χ3n) is 5.94. The smallest absolute Gasteiger partial charge is 0.239 e. The van der Waals surface area contributed by atoms with Gasteiger partial charge in [0.15, 0.2) is 5.96 Å². The number of amides is 1. The summed E-state index contributed by atoms with van der Waals surface area (Å²) in [5, 5.41) is 3.52. The number of nitrogens with one attached hydrogen (secondary N) is 1. The van der Waals surface area contributed by atoms with Crippen LogP contribution in [0.5, 0.6) is 0 Å². The van der Waals surface area contributed by atoms with E-state index in [9.17, 15) is 4.79 Å². The van der Waals surface area contributed by atoms with Crippen LogP contribution in [0.4, 0.5) is 0 Å². The van der Waals surface area contributed by atoms with Crippen molar-refractivity contribution in [3.63, 3.8) is 0 Å². The lowest BCUT2D eigenvalue weighted by molar-refractivity contribution is -0.135. The van der Waals surface area contributed by atoms with Gasteiger partial charge in [0.2, 0.25) is 5.91 Å². The lowest BCUT2D eigenvalue weighted by Gasteiger charge is -2.39. The minimum Gasteiger partial charge on any atom is -0.469 e. The molecule has 1 amide bonds. The number of hydrogen-bond donors (Lipinski definition) is 1. The van der Waals surface area contributed by atoms with E-state index >= 15 is 0 Å². The van der Waals surface area contributed by atoms with Gasteiger partial charge in [-0.05, 0) is 38.3 Å². The average molecular weight is 404 g/mol. The monoisotopic (exact) mass is 403 g/mol. The highest BCUT2D eigenvalue weighted by atomic mass is 16.3. The summed E-state index contributed by atoms with van der Waals surface area (Å²) in [5.41, 5.74) is 0. The quantitative estimate of drug-likeness (QED) is 0.410. The number of furan rings is 1. The summed E-state index contributed by atoms with van der Waals surface area (Å²) in [6.07, 6.45) is 7.11. The Hall–Kier alpha value is -2.02. The van der Waals surface area contributed by atoms with E-state index in [1.165, 1.54) is 0 Å². The molecule has 2 saturated heterocycles. The molecule has 29 heavy (non-hydrogen) atoms. The summed E-state index contributed by atoms with van der Waals surface area (Å²) in [6, 6.07) is 3.91. The van der Waals surface area contributed by atoms with Gasteiger partial charge in [0.25, 0.3) is 0 Å². The predicted molar refractivity (Wildman–Crippen MR) is 116 cm³/mol. The molecular formula is C22H37N5O2. The Kier molecular flexibility index (Phi) is 8.40. The van der Waals surface area contributed by atoms with Crippen LogP contribution in [0.3, 0.4) is 0 Å². The van der Waals surface area contributed by atoms with Crippen LogP contribution < -0.4 is 5.32 Å². The molecule has 1 aromatic rings. The number of guanidine groups is 1. The molecule has 1 atom stereocenters. The Morgan fingerprint density at radius 1 is 1.17 bits per heavy atom. The van der Waals surface area contributed by atoms with Crippen molar-refractivity contribution < 1.29 is 9.21 Å². The second-order valence-electron chi connectivity index (χ2n) is 8.05. The van der Waals surface area contributed by atoms with E-state index in [1.807, 2.05) is 17.0 Å². The number of hydrogen-bond acceptors (Lipinski definition) is 4. The Balaban J connectivity index is 1.49. The molecule has 7 heteroatoms. The zero-order valence-electron chi connectivity index (χ0n) is 18.1. The highest BCUT2D eigenvalue weighted by Crippen LogP contribution is 2.14. The van der Waals surface area contributed by atoms with Gasteiger partial charge in [-0.25, -0.2) is 0 Å². The summed E-state index contributed by atoms with van der Waals surface area (Å²) in [5.74, 6) is 2.28. The van der Waals surface area contributed by atoms with Crippen molar-refractivity contribution in [3.8, 4) is 0 Å². The molecule has 1 unspecified atom stereocenters. The first-order valence-electron chi connectivity index (χ1n) is 11.3. The van der Waals surface area contributed by atoms with Gasteiger partial charge in [0, 0.05) is 58.8 Å². The molecule has 3 heterocycles. The van der Waals surface area contributed by atoms with Gasteiger partial charge < -0.3 is 19.5 Å². The predicted octanol–water partition coefficient (Wildman–Crippen LogP) is 2.20. The second-order valence-corrected chi connectivity index (χ2v) is 8.05. The third kappa shape index (κ3) is 6.23. The van der Waals surface area contributed by atoms with Crippen molar-refractivity contribution in [1.29, 1.82) is 0 Å². The van der Waals surface area contributed by atoms with Crippen molar-refractivity contribution in [2.45, 2.75) is 52.0 Å². The van der Waals surface area contributed by atoms with E-state index in [0.29, 0.717) is 5.91 Å². The number of unbranched alkanes of at least 4 members (excludes halogenated alkanes) is 1. The SMILES string of the molecule is CCCCN=C(NCCc1ccco1)N1CCN(C(C)C(=O)N2CCCC2)CC1. The van der Waals surface area contributed by atoms with E-state index in [4.69, 9.17) is 9.41 Å². The van der Waals surface area contributed by atoms with Gasteiger partial charge in [0.1, 0.15) is 5.76 Å². The number of piperazine rings is 1. The molecule has 0 radical (unpaired) electrons. The summed E-state index contributed by atoms with van der Waals surface area (Å²) >= 11 is 0. The van der Waals surface area contributed by atoms with E-state index in [1.54, 1.807) is 6.26 Å². The first kappa shape index (κ1) is 21.7. The molecule has 0 saturated carbocycles. The van der Waals surface area contributed by atoms with Crippen molar-refractivity contribution in [2.75, 3.05) is 52.4 Å². The normalized spacial score (nSPS) is 19.6. The van der Waals surface area contributed by atoms with Crippen molar-refractivity contribution >= 4 is 11.9 Å². The standard InChI is InChI=1S/C22H37N5O2/c1-3-4-10-23-22(24-11-9-20-8-7-18-29-20)27-16-14-25(15-17-27)19(2)21(28)26-12-5-6-13-26/h7-8,18-19H,3-6,9-17H2,1-2H3,(H,23,24). The van der Waals surface area contributed by atoms with E-state index in [2.05, 4.69) is 29.0 Å². The van der Waals surface area contributed by atoms with Crippen LogP contribution in [0.1, 0.15) is 45.3 Å². The highest BCUT2D eigenvalue weighted by Gasteiger charge is 2.30. The molecule has 1 N–H and O–H groups in total. The second kappa shape index (κ2) is 11.2. The lowest BCUT2D eigenvalue weighted by Crippen LogP contribution is -2.57. The molecule has 1 aromatic heterocycles. The maximum absolute atomic E-state index is 12.7. The fourth-order valence-corrected chi connectivity index (χ4v) is 4.04. The maximum Gasteiger partial charge on any atom is 0.239 e. The van der Waals surface area contributed by atoms with E-state index in [-0.39, 0.29) is 6.04 Å². The number of nitrogens with zero attached hydrogens (tertiary/aromatic N) is 4. The molecule has 7 nitrogen and oxygen atoms in total. The minimum atomic E-state index is -0.0253. The Labute approximate surface area is 175 Å². The number of aliphatic imine (C=N–C) groups is 1. The summed E-state index contributed by atoms with van der Waals surface area (Å²) < 4.78 is 5.43. The fourth-order valence-electron chi connectivity index (χ4n) is 4.04. The average Bonchev–Trinajstić information content (AvgIpc) is 3.46. The van der Waals surface area contributed by atoms with Crippen molar-refractivity contribution in [1.82, 2.24) is 20.0 Å². The van der Waals surface area contributed by atoms with Crippen LogP contribution in [-0.2, 0) is 11.2 Å². The van der Waals surface area contributed by atoms with Gasteiger partial charge in [0.05, 0.1) is 12.3 Å². The molecule has 0 spiro atoms. The number of likely N-dealkylation sites (tertiary alicyclic amines) is 1. The topological polar surface area (TPSA) is 64.3 Å². The lowest BCUT2D eigenvalue weighted by atomic mass is 10.2. The van der Waals surface area contributed by atoms with Gasteiger partial charge in [-0.15, -0.1) is 0 Å². The van der Waals surface area contributed by atoms with Gasteiger partial charge in [-0.2, -0.15) is 0 Å². The largest absolute Gasteiger partial charge is 0.469 e. The van der Waals surface area contributed by atoms with Crippen LogP contribution in [-0.4, -0.2) is 85.0 Å². The summed E-state index contributed by atoms with van der Waals surface area (Å²) in [6.45, 7) is 11.4. The highest BCUT2D eigenvalue weighted by molar-refractivity contribution is 5.82. The molecule has 0 bridgehead atoms. The molecule has 0 aromatic carbocycles. The molecule has 3 rings (SSSR count). The Morgan fingerprint density at radius 3 is 2.59 bits per heavy atom. The molecule has 0 aliphatic carbocycles. The van der Waals surface area contributed by atoms with Crippen LogP contribution >= 0.6 is 0 Å². The number of carbonyl (C=O) groups is 1. The minimum absolute atomic E-state index is 0.0253. The maximum atomic E-state index is 12.7. The molecule has 2 aliphatic heterocycles. The van der Waals surface area contributed by atoms with Crippen molar-refractivity contribution in [2.24, 2.45) is 4.99 Å². The van der Waals surface area contributed by atoms with Gasteiger partial charge in [-0.1, -0.05) is 13.3 Å². The zero-order chi connectivity index (χ0) is 20.5. The molecule has 162 valence electrons. The third-order valence-corrected chi connectivity index (χ3v) is 5.94. The first-order valence-corrected chi connectivity index (χ1v) is 11.3. The van der Waals surface area contributed by atoms with Gasteiger partial charge >= 0.3 is 0 Å². The van der Waals surface area contributed by atoms with E-state index < -0.39 is 0 Å². The van der Waals surface area contributed by atoms with Gasteiger partial charge in [-0.3, -0.25) is 14.7 Å². The fraction of sp³-hybridized carbons (Fsp3) is 0.727. The summed E-state index contributed by atoms with van der Waals surface area (Å²) in [7, 11) is 0. The Bertz CT molecular complexity index is 632. The zero-order valence-corrected chi connectivity index (χ0v) is 18.1. The van der Waals surface area contributed by atoms with Crippen LogP contribution in [0.15, 0.2) is 27.8 Å². The van der Waals surface area contributed by atoms with Crippen molar-refractivity contribution in [3.05, 3.63) is 24.2 Å². The Morgan fingerprint density at radius 2 is 1.93 bits per heavy atom. The first-order chi connectivity index (χ1) is 14.2. The molecule has 2 fully saturated rings. The van der Waals surface area contributed by atoms with Crippen LogP contribution in [0.25, 0.3) is 0 Å². The summed E-state index contributed by atoms with van der Waals surface area (Å²) in [4.78, 5) is 24.2. The molecule has 2 aliphatic rings.